The van der Waals surface area contributed by atoms with E-state index >= 15 is 0 Å². The lowest BCUT2D eigenvalue weighted by molar-refractivity contribution is -0.135. The second kappa shape index (κ2) is 9.02. The lowest BCUT2D eigenvalue weighted by Crippen LogP contribution is -2.15. The topological polar surface area (TPSA) is 56.8 Å². The van der Waals surface area contributed by atoms with Gasteiger partial charge in [0.25, 0.3) is 0 Å². The predicted octanol–water partition coefficient (Wildman–Crippen LogP) is 3.00. The number of hydrogen-bond donors (Lipinski definition) is 1. The Kier molecular flexibility index (Phi) is 7.32. The summed E-state index contributed by atoms with van der Waals surface area (Å²) < 4.78 is 10.7. The van der Waals surface area contributed by atoms with Gasteiger partial charge in [-0.2, -0.15) is 5.48 Å². The number of nitrogens with one attached hydrogen (secondary N) is 1. The summed E-state index contributed by atoms with van der Waals surface area (Å²) in [7, 11) is 1.67. The van der Waals surface area contributed by atoms with Gasteiger partial charge in [-0.15, -0.1) is 0 Å². The van der Waals surface area contributed by atoms with Crippen molar-refractivity contribution < 1.29 is 19.1 Å². The van der Waals surface area contributed by atoms with Crippen molar-refractivity contribution in [2.75, 3.05) is 13.7 Å². The molecule has 1 heterocycles. The van der Waals surface area contributed by atoms with Crippen LogP contribution in [0.2, 0.25) is 0 Å². The van der Waals surface area contributed by atoms with Crippen LogP contribution in [0.4, 0.5) is 0 Å². The summed E-state index contributed by atoms with van der Waals surface area (Å²) in [6.45, 7) is 8.17. The smallest absolute Gasteiger partial charge is 0.311 e. The molecule has 0 unspecified atom stereocenters. The van der Waals surface area contributed by atoms with Gasteiger partial charge in [-0.05, 0) is 18.1 Å². The molecule has 0 saturated heterocycles. The van der Waals surface area contributed by atoms with Gasteiger partial charge in [0, 0.05) is 19.5 Å². The molecule has 0 bridgehead atoms. The Balaban J connectivity index is 0.00000106. The molecule has 5 heteroatoms. The molecule has 0 aliphatic carbocycles. The van der Waals surface area contributed by atoms with Crippen LogP contribution in [0.15, 0.2) is 30.5 Å². The Labute approximate surface area is 125 Å². The number of carbonyl (C=O) groups excluding carboxylic acids is 1. The van der Waals surface area contributed by atoms with Crippen molar-refractivity contribution >= 4 is 5.97 Å². The van der Waals surface area contributed by atoms with Crippen LogP contribution >= 0.6 is 0 Å². The van der Waals surface area contributed by atoms with Gasteiger partial charge in [0.05, 0.1) is 13.0 Å². The fraction of sp³-hybridized carbons (Fsp3) is 0.438. The van der Waals surface area contributed by atoms with Crippen LogP contribution in [0.3, 0.4) is 0 Å². The maximum atomic E-state index is 11.2. The van der Waals surface area contributed by atoms with E-state index in [1.54, 1.807) is 13.1 Å². The maximum Gasteiger partial charge on any atom is 0.311 e. The molecule has 0 amide bonds. The molecule has 2 rings (SSSR count). The summed E-state index contributed by atoms with van der Waals surface area (Å²) in [5, 5.41) is 0. The van der Waals surface area contributed by atoms with Gasteiger partial charge in [-0.25, -0.2) is 0 Å². The fourth-order valence-electron chi connectivity index (χ4n) is 1.81. The molecule has 0 saturated carbocycles. The SMILES string of the molecule is C=C(CCOc1ccc2c(c1)OC(=O)CC2)ONC.CC. The molecule has 1 N–H and O–H groups in total. The largest absolute Gasteiger partial charge is 0.493 e. The summed E-state index contributed by atoms with van der Waals surface area (Å²) >= 11 is 0. The lowest BCUT2D eigenvalue weighted by Gasteiger charge is -2.16. The number of fused-ring (bicyclic) bond motifs is 1. The molecule has 0 radical (unpaired) electrons. The first-order valence-corrected chi connectivity index (χ1v) is 7.17. The molecular weight excluding hydrogens is 270 g/mol. The second-order valence-electron chi connectivity index (χ2n) is 4.19. The standard InChI is InChI=1S/C14H17NO4.C2H6/c1-10(19-15-2)7-8-17-12-5-3-11-4-6-14(16)18-13(11)9-12;1-2/h3,5,9,15H,1,4,6-8H2,2H3;1-2H3. The van der Waals surface area contributed by atoms with E-state index in [4.69, 9.17) is 14.3 Å². The Morgan fingerprint density at radius 2 is 2.14 bits per heavy atom. The third-order valence-corrected chi connectivity index (χ3v) is 2.76. The van der Waals surface area contributed by atoms with Gasteiger partial charge in [-0.3, -0.25) is 4.79 Å². The molecule has 1 aliphatic rings. The van der Waals surface area contributed by atoms with Crippen LogP contribution in [0.1, 0.15) is 32.3 Å². The average Bonchev–Trinajstić information content (AvgIpc) is 2.49. The van der Waals surface area contributed by atoms with Crippen molar-refractivity contribution in [2.24, 2.45) is 0 Å². The summed E-state index contributed by atoms with van der Waals surface area (Å²) in [5.41, 5.74) is 3.59. The van der Waals surface area contributed by atoms with Gasteiger partial charge < -0.3 is 14.3 Å². The molecule has 5 nitrogen and oxygen atoms in total. The van der Waals surface area contributed by atoms with E-state index in [1.165, 1.54) is 0 Å². The van der Waals surface area contributed by atoms with E-state index in [1.807, 2.05) is 26.0 Å². The van der Waals surface area contributed by atoms with Gasteiger partial charge in [-0.1, -0.05) is 26.5 Å². The van der Waals surface area contributed by atoms with Crippen LogP contribution in [-0.4, -0.2) is 19.6 Å². The highest BCUT2D eigenvalue weighted by Crippen LogP contribution is 2.29. The number of ether oxygens (including phenoxy) is 2. The highest BCUT2D eigenvalue weighted by atomic mass is 16.6. The molecule has 0 atom stereocenters. The van der Waals surface area contributed by atoms with Gasteiger partial charge in [0.2, 0.25) is 0 Å². The zero-order valence-corrected chi connectivity index (χ0v) is 12.9. The number of hydrogen-bond acceptors (Lipinski definition) is 5. The van der Waals surface area contributed by atoms with Gasteiger partial charge in [0.1, 0.15) is 17.3 Å². The molecule has 21 heavy (non-hydrogen) atoms. The fourth-order valence-corrected chi connectivity index (χ4v) is 1.81. The van der Waals surface area contributed by atoms with Crippen molar-refractivity contribution in [3.8, 4) is 11.5 Å². The minimum absolute atomic E-state index is 0.194. The number of aryl methyl sites for hydroxylation is 1. The van der Waals surface area contributed by atoms with Crippen molar-refractivity contribution in [2.45, 2.75) is 33.1 Å². The van der Waals surface area contributed by atoms with Crippen LogP contribution in [0.25, 0.3) is 0 Å². The van der Waals surface area contributed by atoms with Gasteiger partial charge >= 0.3 is 5.97 Å². The molecule has 116 valence electrons. The third kappa shape index (κ3) is 5.47. The van der Waals surface area contributed by atoms with Crippen LogP contribution < -0.4 is 15.0 Å². The van der Waals surface area contributed by atoms with Crippen LogP contribution in [0.5, 0.6) is 11.5 Å². The van der Waals surface area contributed by atoms with E-state index in [9.17, 15) is 4.79 Å². The molecule has 1 aromatic carbocycles. The Bertz CT molecular complexity index is 485. The Hall–Kier alpha value is -2.01. The van der Waals surface area contributed by atoms with Gasteiger partial charge in [0.15, 0.2) is 0 Å². The predicted molar refractivity (Wildman–Crippen MR) is 81.1 cm³/mol. The third-order valence-electron chi connectivity index (χ3n) is 2.76. The van der Waals surface area contributed by atoms with E-state index in [0.717, 1.165) is 12.0 Å². The number of rotatable bonds is 6. The van der Waals surface area contributed by atoms with Crippen molar-refractivity contribution in [1.82, 2.24) is 5.48 Å². The number of esters is 1. The number of carbonyl (C=O) groups is 1. The summed E-state index contributed by atoms with van der Waals surface area (Å²) in [5.74, 6) is 1.68. The monoisotopic (exact) mass is 293 g/mol. The minimum atomic E-state index is -0.194. The molecular formula is C16H23NO4. The molecule has 1 aromatic rings. The maximum absolute atomic E-state index is 11.2. The lowest BCUT2D eigenvalue weighted by atomic mass is 10.1. The quantitative estimate of drug-likeness (QED) is 0.378. The molecule has 1 aliphatic heterocycles. The zero-order chi connectivity index (χ0) is 15.7. The first-order valence-electron chi connectivity index (χ1n) is 7.17. The first kappa shape index (κ1) is 17.0. The van der Waals surface area contributed by atoms with E-state index in [0.29, 0.717) is 36.7 Å². The molecule has 0 spiro atoms. The van der Waals surface area contributed by atoms with E-state index in [2.05, 4.69) is 12.1 Å². The van der Waals surface area contributed by atoms with E-state index < -0.39 is 0 Å². The van der Waals surface area contributed by atoms with Crippen LogP contribution in [0, 0.1) is 0 Å². The summed E-state index contributed by atoms with van der Waals surface area (Å²) in [6.07, 6.45) is 1.74. The minimum Gasteiger partial charge on any atom is -0.493 e. The number of hydroxylamine groups is 1. The van der Waals surface area contributed by atoms with Crippen LogP contribution in [-0.2, 0) is 16.1 Å². The normalized spacial score (nSPS) is 12.4. The molecule has 0 fully saturated rings. The molecule has 0 aromatic heterocycles. The Morgan fingerprint density at radius 3 is 2.86 bits per heavy atom. The summed E-state index contributed by atoms with van der Waals surface area (Å²) in [4.78, 5) is 16.2. The Morgan fingerprint density at radius 1 is 1.38 bits per heavy atom. The van der Waals surface area contributed by atoms with E-state index in [-0.39, 0.29) is 5.97 Å². The summed E-state index contributed by atoms with van der Waals surface area (Å²) in [6, 6.07) is 5.55. The average molecular weight is 293 g/mol. The first-order chi connectivity index (χ1) is 10.2. The van der Waals surface area contributed by atoms with Crippen molar-refractivity contribution in [3.63, 3.8) is 0 Å². The zero-order valence-electron chi connectivity index (χ0n) is 12.9. The number of benzene rings is 1. The highest BCUT2D eigenvalue weighted by Gasteiger charge is 2.17. The highest BCUT2D eigenvalue weighted by molar-refractivity contribution is 5.75. The second-order valence-corrected chi connectivity index (χ2v) is 4.19. The van der Waals surface area contributed by atoms with Crippen molar-refractivity contribution in [1.29, 1.82) is 0 Å². The van der Waals surface area contributed by atoms with Crippen molar-refractivity contribution in [3.05, 3.63) is 36.1 Å².